The smallest absolute Gasteiger partial charge is 0.260 e. The lowest BCUT2D eigenvalue weighted by molar-refractivity contribution is -0.124. The predicted molar refractivity (Wildman–Crippen MR) is 93.7 cm³/mol. The van der Waals surface area contributed by atoms with E-state index in [0.717, 1.165) is 17.7 Å². The van der Waals surface area contributed by atoms with E-state index in [1.54, 1.807) is 6.07 Å². The molecule has 1 saturated heterocycles. The van der Waals surface area contributed by atoms with Crippen LogP contribution in [0.3, 0.4) is 0 Å². The highest BCUT2D eigenvalue weighted by atomic mass is 19.1. The van der Waals surface area contributed by atoms with Gasteiger partial charge in [0.1, 0.15) is 23.2 Å². The van der Waals surface area contributed by atoms with Gasteiger partial charge in [-0.05, 0) is 24.1 Å². The van der Waals surface area contributed by atoms with E-state index in [9.17, 15) is 18.4 Å². The van der Waals surface area contributed by atoms with Crippen LogP contribution in [-0.2, 0) is 11.2 Å². The van der Waals surface area contributed by atoms with Gasteiger partial charge in [-0.15, -0.1) is 0 Å². The number of nitrogens with zero attached hydrogens (tertiary/aromatic N) is 2. The van der Waals surface area contributed by atoms with E-state index in [2.05, 4.69) is 5.32 Å². The predicted octanol–water partition coefficient (Wildman–Crippen LogP) is 2.41. The maximum absolute atomic E-state index is 14.3. The topological polar surface area (TPSA) is 73.2 Å². The first-order chi connectivity index (χ1) is 13.0. The van der Waals surface area contributed by atoms with E-state index in [0.29, 0.717) is 13.0 Å². The molecule has 0 aromatic heterocycles. The van der Waals surface area contributed by atoms with Crippen molar-refractivity contribution in [2.24, 2.45) is 0 Å². The largest absolute Gasteiger partial charge is 0.354 e. The molecule has 1 aliphatic rings. The highest BCUT2D eigenvalue weighted by Gasteiger charge is 2.34. The number of nitrogens with one attached hydrogen (secondary N) is 1. The zero-order valence-electron chi connectivity index (χ0n) is 14.4. The lowest BCUT2D eigenvalue weighted by Crippen LogP contribution is -2.48. The number of carbonyl (C=O) groups is 2. The summed E-state index contributed by atoms with van der Waals surface area (Å²) in [5.74, 6) is -3.48. The molecule has 1 atom stereocenters. The molecule has 3 rings (SSSR count). The second-order valence-corrected chi connectivity index (χ2v) is 6.28. The van der Waals surface area contributed by atoms with E-state index in [4.69, 9.17) is 5.26 Å². The number of halogens is 2. The molecule has 2 aromatic carbocycles. The quantitative estimate of drug-likeness (QED) is 0.903. The molecule has 7 heteroatoms. The van der Waals surface area contributed by atoms with Crippen molar-refractivity contribution in [3.8, 4) is 6.07 Å². The van der Waals surface area contributed by atoms with Crippen molar-refractivity contribution in [3.05, 3.63) is 70.8 Å². The first-order valence-electron chi connectivity index (χ1n) is 8.53. The van der Waals surface area contributed by atoms with Gasteiger partial charge in [0, 0.05) is 19.5 Å². The molecular weight excluding hydrogens is 352 g/mol. The summed E-state index contributed by atoms with van der Waals surface area (Å²) in [6, 6.07) is 11.5. The number of hydrogen-bond donors (Lipinski definition) is 1. The molecule has 1 aliphatic heterocycles. The third-order valence-corrected chi connectivity index (χ3v) is 4.47. The Hall–Kier alpha value is -3.27. The summed E-state index contributed by atoms with van der Waals surface area (Å²) in [5.41, 5.74) is -0.129. The molecule has 0 aliphatic carbocycles. The minimum Gasteiger partial charge on any atom is -0.354 e. The van der Waals surface area contributed by atoms with Gasteiger partial charge in [0.2, 0.25) is 5.91 Å². The highest BCUT2D eigenvalue weighted by molar-refractivity contribution is 5.98. The Morgan fingerprint density at radius 2 is 1.89 bits per heavy atom. The normalized spacial score (nSPS) is 17.0. The fourth-order valence-corrected chi connectivity index (χ4v) is 3.15. The molecule has 1 unspecified atom stereocenters. The summed E-state index contributed by atoms with van der Waals surface area (Å²) in [6.07, 6.45) is 0.709. The van der Waals surface area contributed by atoms with Crippen LogP contribution >= 0.6 is 0 Å². The van der Waals surface area contributed by atoms with E-state index in [1.165, 1.54) is 4.90 Å². The zero-order chi connectivity index (χ0) is 19.4. The summed E-state index contributed by atoms with van der Waals surface area (Å²) in [7, 11) is 0. The number of rotatable bonds is 3. The summed E-state index contributed by atoms with van der Waals surface area (Å²) < 4.78 is 28.6. The molecule has 2 amide bonds. The van der Waals surface area contributed by atoms with E-state index < -0.39 is 29.1 Å². The maximum atomic E-state index is 14.3. The molecule has 27 heavy (non-hydrogen) atoms. The zero-order valence-corrected chi connectivity index (χ0v) is 14.4. The Bertz CT molecular complexity index is 886. The minimum absolute atomic E-state index is 0.188. The highest BCUT2D eigenvalue weighted by Crippen LogP contribution is 2.21. The second kappa shape index (κ2) is 7.96. The molecule has 5 nitrogen and oxygen atoms in total. The van der Waals surface area contributed by atoms with Crippen LogP contribution < -0.4 is 5.32 Å². The molecule has 0 spiro atoms. The summed E-state index contributed by atoms with van der Waals surface area (Å²) in [5, 5.41) is 11.5. The van der Waals surface area contributed by atoms with Crippen molar-refractivity contribution in [2.45, 2.75) is 18.9 Å². The Kier molecular flexibility index (Phi) is 5.46. The van der Waals surface area contributed by atoms with Gasteiger partial charge in [0.05, 0.1) is 11.6 Å². The molecule has 0 radical (unpaired) electrons. The van der Waals surface area contributed by atoms with Crippen LogP contribution in [0, 0.1) is 23.0 Å². The number of amides is 2. The third-order valence-electron chi connectivity index (χ3n) is 4.47. The van der Waals surface area contributed by atoms with Gasteiger partial charge in [-0.2, -0.15) is 5.26 Å². The van der Waals surface area contributed by atoms with Crippen molar-refractivity contribution in [1.82, 2.24) is 10.2 Å². The average molecular weight is 369 g/mol. The monoisotopic (exact) mass is 369 g/mol. The standard InChI is InChI=1S/C20H17F2N3O2/c21-15-9-14(12-23)10-16(22)18(15)20(27)25-8-4-7-24-19(26)17(25)11-13-5-2-1-3-6-13/h1-3,5-6,9-10,17H,4,7-8,11H2,(H,24,26). The van der Waals surface area contributed by atoms with E-state index in [1.807, 2.05) is 30.3 Å². The molecule has 138 valence electrons. The van der Waals surface area contributed by atoms with Crippen LogP contribution in [-0.4, -0.2) is 35.8 Å². The molecular formula is C20H17F2N3O2. The number of benzene rings is 2. The Morgan fingerprint density at radius 3 is 2.52 bits per heavy atom. The van der Waals surface area contributed by atoms with Crippen LogP contribution in [0.4, 0.5) is 8.78 Å². The third kappa shape index (κ3) is 3.95. The lowest BCUT2D eigenvalue weighted by Gasteiger charge is -2.29. The van der Waals surface area contributed by atoms with Gasteiger partial charge >= 0.3 is 0 Å². The number of hydrogen-bond acceptors (Lipinski definition) is 3. The van der Waals surface area contributed by atoms with Gasteiger partial charge in [0.25, 0.3) is 5.91 Å². The van der Waals surface area contributed by atoms with E-state index in [-0.39, 0.29) is 24.4 Å². The van der Waals surface area contributed by atoms with Crippen molar-refractivity contribution in [2.75, 3.05) is 13.1 Å². The van der Waals surface area contributed by atoms with Crippen LogP contribution in [0.5, 0.6) is 0 Å². The number of carbonyl (C=O) groups excluding carboxylic acids is 2. The molecule has 0 saturated carbocycles. The van der Waals surface area contributed by atoms with Crippen molar-refractivity contribution in [3.63, 3.8) is 0 Å². The SMILES string of the molecule is N#Cc1cc(F)c(C(=O)N2CCCNC(=O)C2Cc2ccccc2)c(F)c1. The molecule has 1 fully saturated rings. The van der Waals surface area contributed by atoms with Gasteiger partial charge in [0.15, 0.2) is 0 Å². The van der Waals surface area contributed by atoms with E-state index >= 15 is 0 Å². The maximum Gasteiger partial charge on any atom is 0.260 e. The van der Waals surface area contributed by atoms with Crippen molar-refractivity contribution in [1.29, 1.82) is 5.26 Å². The first kappa shape index (κ1) is 18.5. The molecule has 0 bridgehead atoms. The van der Waals surface area contributed by atoms with Crippen LogP contribution in [0.1, 0.15) is 27.9 Å². The Balaban J connectivity index is 1.97. The Labute approximate surface area is 155 Å². The van der Waals surface area contributed by atoms with Gasteiger partial charge in [-0.3, -0.25) is 9.59 Å². The van der Waals surface area contributed by atoms with Gasteiger partial charge < -0.3 is 10.2 Å². The summed E-state index contributed by atoms with van der Waals surface area (Å²) in [4.78, 5) is 26.6. The molecule has 1 N–H and O–H groups in total. The average Bonchev–Trinajstić information content (AvgIpc) is 2.83. The summed E-state index contributed by atoms with van der Waals surface area (Å²) in [6.45, 7) is 0.570. The van der Waals surface area contributed by atoms with Crippen LogP contribution in [0.2, 0.25) is 0 Å². The van der Waals surface area contributed by atoms with Gasteiger partial charge in [-0.25, -0.2) is 8.78 Å². The van der Waals surface area contributed by atoms with Crippen LogP contribution in [0.15, 0.2) is 42.5 Å². The summed E-state index contributed by atoms with van der Waals surface area (Å²) >= 11 is 0. The minimum atomic E-state index is -1.11. The molecule has 2 aromatic rings. The lowest BCUT2D eigenvalue weighted by atomic mass is 10.0. The first-order valence-corrected chi connectivity index (χ1v) is 8.53. The van der Waals surface area contributed by atoms with Crippen LogP contribution in [0.25, 0.3) is 0 Å². The Morgan fingerprint density at radius 1 is 1.22 bits per heavy atom. The fraction of sp³-hybridized carbons (Fsp3) is 0.250. The van der Waals surface area contributed by atoms with Crippen molar-refractivity contribution >= 4 is 11.8 Å². The van der Waals surface area contributed by atoms with Gasteiger partial charge in [-0.1, -0.05) is 30.3 Å². The second-order valence-electron chi connectivity index (χ2n) is 6.28. The van der Waals surface area contributed by atoms with Crippen molar-refractivity contribution < 1.29 is 18.4 Å². The fourth-order valence-electron chi connectivity index (χ4n) is 3.15. The number of nitriles is 1. The molecule has 1 heterocycles.